The Bertz CT molecular complexity index is 504. The minimum Gasteiger partial charge on any atom is -0.478 e. The lowest BCUT2D eigenvalue weighted by atomic mass is 9.70. The van der Waals surface area contributed by atoms with Gasteiger partial charge in [0, 0.05) is 11.1 Å². The second kappa shape index (κ2) is 4.44. The first-order chi connectivity index (χ1) is 8.42. The van der Waals surface area contributed by atoms with Gasteiger partial charge in [0.05, 0.1) is 5.56 Å². The quantitative estimate of drug-likeness (QED) is 0.863. The van der Waals surface area contributed by atoms with Crippen molar-refractivity contribution in [2.24, 2.45) is 5.41 Å². The van der Waals surface area contributed by atoms with Gasteiger partial charge in [0.1, 0.15) is 0 Å². The number of rotatable bonds is 3. The van der Waals surface area contributed by atoms with Crippen LogP contribution in [0.25, 0.3) is 0 Å². The number of aryl methyl sites for hydroxylation is 1. The molecule has 96 valence electrons. The van der Waals surface area contributed by atoms with Gasteiger partial charge in [-0.1, -0.05) is 13.3 Å². The molecule has 4 heteroatoms. The molecule has 0 aliphatic heterocycles. The summed E-state index contributed by atoms with van der Waals surface area (Å²) < 4.78 is 0. The van der Waals surface area contributed by atoms with E-state index < -0.39 is 5.97 Å². The molecule has 1 aliphatic rings. The van der Waals surface area contributed by atoms with Crippen LogP contribution in [0.4, 0.5) is 5.69 Å². The number of carbonyl (C=O) groups excluding carboxylic acids is 1. The van der Waals surface area contributed by atoms with Gasteiger partial charge in [0.2, 0.25) is 5.91 Å². The van der Waals surface area contributed by atoms with Crippen molar-refractivity contribution in [1.82, 2.24) is 0 Å². The number of anilines is 1. The van der Waals surface area contributed by atoms with E-state index in [1.165, 1.54) is 6.07 Å². The molecule has 0 aromatic heterocycles. The smallest absolute Gasteiger partial charge is 0.335 e. The maximum atomic E-state index is 12.0. The normalized spacial score (nSPS) is 16.8. The lowest BCUT2D eigenvalue weighted by Gasteiger charge is -2.36. The molecule has 1 aromatic rings. The minimum absolute atomic E-state index is 0.0243. The number of amides is 1. The summed E-state index contributed by atoms with van der Waals surface area (Å²) in [5.74, 6) is -0.924. The number of carboxylic acids is 1. The molecule has 0 radical (unpaired) electrons. The van der Waals surface area contributed by atoms with Crippen molar-refractivity contribution in [3.63, 3.8) is 0 Å². The average molecular weight is 247 g/mol. The highest BCUT2D eigenvalue weighted by Gasteiger charge is 2.39. The van der Waals surface area contributed by atoms with E-state index >= 15 is 0 Å². The minimum atomic E-state index is -0.948. The molecule has 2 rings (SSSR count). The molecule has 18 heavy (non-hydrogen) atoms. The molecule has 1 aromatic carbocycles. The Hall–Kier alpha value is -1.84. The number of benzene rings is 1. The fourth-order valence-corrected chi connectivity index (χ4v) is 2.20. The molecule has 0 unspecified atom stereocenters. The summed E-state index contributed by atoms with van der Waals surface area (Å²) in [6.45, 7) is 3.69. The Morgan fingerprint density at radius 1 is 1.33 bits per heavy atom. The van der Waals surface area contributed by atoms with E-state index in [4.69, 9.17) is 5.11 Å². The Labute approximate surface area is 106 Å². The lowest BCUT2D eigenvalue weighted by Crippen LogP contribution is -2.39. The highest BCUT2D eigenvalue weighted by molar-refractivity contribution is 5.96. The van der Waals surface area contributed by atoms with Crippen LogP contribution in [0.3, 0.4) is 0 Å². The summed E-state index contributed by atoms with van der Waals surface area (Å²) in [7, 11) is 0. The highest BCUT2D eigenvalue weighted by Crippen LogP contribution is 2.41. The van der Waals surface area contributed by atoms with Crippen molar-refractivity contribution >= 4 is 17.6 Å². The molecule has 2 N–H and O–H groups in total. The van der Waals surface area contributed by atoms with Crippen molar-refractivity contribution in [1.29, 1.82) is 0 Å². The Morgan fingerprint density at radius 3 is 2.44 bits per heavy atom. The van der Waals surface area contributed by atoms with Gasteiger partial charge in [-0.05, 0) is 43.5 Å². The van der Waals surface area contributed by atoms with Crippen LogP contribution < -0.4 is 5.32 Å². The largest absolute Gasteiger partial charge is 0.478 e. The second-order valence-corrected chi connectivity index (χ2v) is 5.20. The highest BCUT2D eigenvalue weighted by atomic mass is 16.4. The number of carbonyl (C=O) groups is 2. The molecule has 1 fully saturated rings. The Balaban J connectivity index is 2.13. The number of aromatic carboxylic acids is 1. The van der Waals surface area contributed by atoms with Crippen LogP contribution in [0, 0.1) is 12.3 Å². The predicted molar refractivity (Wildman–Crippen MR) is 68.7 cm³/mol. The van der Waals surface area contributed by atoms with Gasteiger partial charge < -0.3 is 10.4 Å². The zero-order valence-electron chi connectivity index (χ0n) is 10.6. The summed E-state index contributed by atoms with van der Waals surface area (Å²) in [6.07, 6.45) is 2.94. The number of nitrogens with one attached hydrogen (secondary N) is 1. The van der Waals surface area contributed by atoms with E-state index in [0.717, 1.165) is 19.3 Å². The molecular formula is C14H17NO3. The summed E-state index contributed by atoms with van der Waals surface area (Å²) in [6, 6.07) is 4.86. The Kier molecular flexibility index (Phi) is 3.11. The maximum Gasteiger partial charge on any atom is 0.335 e. The third-order valence-corrected chi connectivity index (χ3v) is 3.72. The van der Waals surface area contributed by atoms with Gasteiger partial charge in [-0.2, -0.15) is 0 Å². The van der Waals surface area contributed by atoms with Gasteiger partial charge in [-0.15, -0.1) is 0 Å². The van der Waals surface area contributed by atoms with Gasteiger partial charge in [-0.25, -0.2) is 4.79 Å². The van der Waals surface area contributed by atoms with Crippen molar-refractivity contribution < 1.29 is 14.7 Å². The van der Waals surface area contributed by atoms with Crippen LogP contribution in [0.5, 0.6) is 0 Å². The van der Waals surface area contributed by atoms with Crippen LogP contribution in [0.15, 0.2) is 18.2 Å². The molecular weight excluding hydrogens is 230 g/mol. The molecule has 4 nitrogen and oxygen atoms in total. The number of carboxylic acid groups (broad SMARTS) is 1. The molecule has 1 aliphatic carbocycles. The van der Waals surface area contributed by atoms with Crippen LogP contribution in [0.1, 0.15) is 42.1 Å². The number of hydrogen-bond donors (Lipinski definition) is 2. The second-order valence-electron chi connectivity index (χ2n) is 5.20. The summed E-state index contributed by atoms with van der Waals surface area (Å²) >= 11 is 0. The monoisotopic (exact) mass is 247 g/mol. The van der Waals surface area contributed by atoms with Crippen molar-refractivity contribution in [2.45, 2.75) is 33.1 Å². The van der Waals surface area contributed by atoms with Crippen LogP contribution >= 0.6 is 0 Å². The maximum absolute atomic E-state index is 12.0. The molecule has 0 spiro atoms. The number of hydrogen-bond acceptors (Lipinski definition) is 2. The SMILES string of the molecule is Cc1cc(NC(=O)C2(C)CCC2)ccc1C(=O)O. The summed E-state index contributed by atoms with van der Waals surface area (Å²) in [4.78, 5) is 22.9. The topological polar surface area (TPSA) is 66.4 Å². The van der Waals surface area contributed by atoms with Gasteiger partial charge in [-0.3, -0.25) is 4.79 Å². The predicted octanol–water partition coefficient (Wildman–Crippen LogP) is 2.82. The van der Waals surface area contributed by atoms with E-state index in [-0.39, 0.29) is 16.9 Å². The molecule has 0 heterocycles. The van der Waals surface area contributed by atoms with Crippen LogP contribution in [-0.4, -0.2) is 17.0 Å². The summed E-state index contributed by atoms with van der Waals surface area (Å²) in [5.41, 5.74) is 1.33. The molecule has 1 amide bonds. The van der Waals surface area contributed by atoms with Crippen LogP contribution in [0.2, 0.25) is 0 Å². The van der Waals surface area contributed by atoms with E-state index in [0.29, 0.717) is 11.3 Å². The van der Waals surface area contributed by atoms with Crippen molar-refractivity contribution in [2.75, 3.05) is 5.32 Å². The lowest BCUT2D eigenvalue weighted by molar-refractivity contribution is -0.128. The van der Waals surface area contributed by atoms with E-state index in [1.807, 2.05) is 6.92 Å². The van der Waals surface area contributed by atoms with Gasteiger partial charge in [0.25, 0.3) is 0 Å². The molecule has 1 saturated carbocycles. The zero-order chi connectivity index (χ0) is 13.3. The van der Waals surface area contributed by atoms with Crippen LogP contribution in [-0.2, 0) is 4.79 Å². The fourth-order valence-electron chi connectivity index (χ4n) is 2.20. The standard InChI is InChI=1S/C14H17NO3/c1-9-8-10(4-5-11(9)12(16)17)15-13(18)14(2)6-3-7-14/h4-5,8H,3,6-7H2,1-2H3,(H,15,18)(H,16,17). The first kappa shape index (κ1) is 12.6. The molecule has 0 atom stereocenters. The molecule has 0 saturated heterocycles. The Morgan fingerprint density at radius 2 is 2.00 bits per heavy atom. The first-order valence-corrected chi connectivity index (χ1v) is 6.08. The van der Waals surface area contributed by atoms with Gasteiger partial charge in [0.15, 0.2) is 0 Å². The van der Waals surface area contributed by atoms with E-state index in [2.05, 4.69) is 5.32 Å². The summed E-state index contributed by atoms with van der Waals surface area (Å²) in [5, 5.41) is 11.8. The zero-order valence-corrected chi connectivity index (χ0v) is 10.6. The van der Waals surface area contributed by atoms with E-state index in [1.54, 1.807) is 19.1 Å². The third kappa shape index (κ3) is 2.23. The third-order valence-electron chi connectivity index (χ3n) is 3.72. The first-order valence-electron chi connectivity index (χ1n) is 6.08. The van der Waals surface area contributed by atoms with Gasteiger partial charge >= 0.3 is 5.97 Å². The van der Waals surface area contributed by atoms with Crippen molar-refractivity contribution in [3.05, 3.63) is 29.3 Å². The average Bonchev–Trinajstić information content (AvgIpc) is 2.25. The molecule has 0 bridgehead atoms. The van der Waals surface area contributed by atoms with E-state index in [9.17, 15) is 9.59 Å². The van der Waals surface area contributed by atoms with Crippen molar-refractivity contribution in [3.8, 4) is 0 Å². The fraction of sp³-hybridized carbons (Fsp3) is 0.429.